The minimum Gasteiger partial charge on any atom is -0.364 e. The van der Waals surface area contributed by atoms with Gasteiger partial charge in [0.1, 0.15) is 0 Å². The van der Waals surface area contributed by atoms with E-state index < -0.39 is 0 Å². The van der Waals surface area contributed by atoms with E-state index in [2.05, 4.69) is 53.2 Å². The van der Waals surface area contributed by atoms with Crippen LogP contribution in [0.5, 0.6) is 0 Å². The summed E-state index contributed by atoms with van der Waals surface area (Å²) >= 11 is 0. The van der Waals surface area contributed by atoms with Crippen LogP contribution in [0, 0.1) is 0 Å². The Labute approximate surface area is 120 Å². The highest BCUT2D eigenvalue weighted by atomic mass is 15.2. The Hall–Kier alpha value is -1.87. The van der Waals surface area contributed by atoms with E-state index in [0.717, 1.165) is 19.5 Å². The van der Waals surface area contributed by atoms with Gasteiger partial charge >= 0.3 is 0 Å². The Morgan fingerprint density at radius 1 is 1.25 bits per heavy atom. The molecule has 3 nitrogen and oxygen atoms in total. The lowest BCUT2D eigenvalue weighted by Gasteiger charge is -2.28. The fourth-order valence-corrected chi connectivity index (χ4v) is 3.17. The second kappa shape index (κ2) is 5.63. The first-order valence-corrected chi connectivity index (χ1v) is 7.27. The first kappa shape index (κ1) is 13.1. The van der Waals surface area contributed by atoms with Crippen LogP contribution in [-0.4, -0.2) is 18.1 Å². The number of fused-ring (bicyclic) bond motifs is 1. The number of para-hydroxylation sites is 1. The van der Waals surface area contributed by atoms with Gasteiger partial charge in [0.15, 0.2) is 0 Å². The van der Waals surface area contributed by atoms with Crippen molar-refractivity contribution in [2.24, 2.45) is 5.73 Å². The van der Waals surface area contributed by atoms with E-state index in [-0.39, 0.29) is 0 Å². The maximum atomic E-state index is 5.77. The van der Waals surface area contributed by atoms with E-state index >= 15 is 0 Å². The molecule has 3 rings (SSSR count). The van der Waals surface area contributed by atoms with Crippen LogP contribution in [0.15, 0.2) is 48.8 Å². The molecule has 1 aromatic carbocycles. The number of hydrogen-bond acceptors (Lipinski definition) is 3. The maximum absolute atomic E-state index is 5.77. The number of nitrogens with zero attached hydrogens (tertiary/aromatic N) is 2. The van der Waals surface area contributed by atoms with E-state index in [4.69, 9.17) is 5.73 Å². The van der Waals surface area contributed by atoms with Gasteiger partial charge in [0.25, 0.3) is 0 Å². The molecule has 0 fully saturated rings. The van der Waals surface area contributed by atoms with Crippen molar-refractivity contribution >= 4 is 5.69 Å². The summed E-state index contributed by atoms with van der Waals surface area (Å²) in [7, 11) is 0. The van der Waals surface area contributed by atoms with E-state index in [9.17, 15) is 0 Å². The molecule has 0 saturated carbocycles. The molecule has 104 valence electrons. The quantitative estimate of drug-likeness (QED) is 0.925. The van der Waals surface area contributed by atoms with Gasteiger partial charge in [-0.15, -0.1) is 0 Å². The molecule has 0 bridgehead atoms. The molecular weight excluding hydrogens is 246 g/mol. The van der Waals surface area contributed by atoms with Gasteiger partial charge in [-0.2, -0.15) is 0 Å². The number of rotatable bonds is 4. The van der Waals surface area contributed by atoms with Crippen molar-refractivity contribution in [1.82, 2.24) is 4.98 Å². The molecule has 1 aliphatic heterocycles. The summed E-state index contributed by atoms with van der Waals surface area (Å²) in [5, 5.41) is 0. The zero-order valence-electron chi connectivity index (χ0n) is 11.9. The smallest absolute Gasteiger partial charge is 0.0515 e. The highest BCUT2D eigenvalue weighted by molar-refractivity contribution is 5.61. The number of benzene rings is 1. The highest BCUT2D eigenvalue weighted by Crippen LogP contribution is 2.41. The average Bonchev–Trinajstić information content (AvgIpc) is 2.87. The molecule has 0 radical (unpaired) electrons. The van der Waals surface area contributed by atoms with Crippen LogP contribution in [0.4, 0.5) is 5.69 Å². The van der Waals surface area contributed by atoms with Crippen LogP contribution in [0.3, 0.4) is 0 Å². The van der Waals surface area contributed by atoms with Crippen LogP contribution < -0.4 is 10.6 Å². The van der Waals surface area contributed by atoms with Crippen molar-refractivity contribution in [3.63, 3.8) is 0 Å². The standard InChI is InChI=1S/C17H21N3/c1-13(14-7-10-19-11-8-14)20-12-15(6-9-18)16-4-2-3-5-17(16)20/h2-5,7-8,10-11,13,15H,6,9,12,18H2,1H3. The third-order valence-electron chi connectivity index (χ3n) is 4.27. The molecule has 2 unspecified atom stereocenters. The Kier molecular flexibility index (Phi) is 3.70. The lowest BCUT2D eigenvalue weighted by atomic mass is 9.98. The van der Waals surface area contributed by atoms with Crippen molar-refractivity contribution < 1.29 is 0 Å². The second-order valence-electron chi connectivity index (χ2n) is 5.44. The van der Waals surface area contributed by atoms with E-state index in [1.54, 1.807) is 0 Å². The van der Waals surface area contributed by atoms with E-state index in [0.29, 0.717) is 12.0 Å². The summed E-state index contributed by atoms with van der Waals surface area (Å²) < 4.78 is 0. The van der Waals surface area contributed by atoms with Crippen molar-refractivity contribution in [3.8, 4) is 0 Å². The molecule has 2 heterocycles. The van der Waals surface area contributed by atoms with Crippen LogP contribution in [0.25, 0.3) is 0 Å². The first-order chi connectivity index (χ1) is 9.81. The van der Waals surface area contributed by atoms with Gasteiger partial charge in [-0.1, -0.05) is 18.2 Å². The third kappa shape index (κ3) is 2.29. The largest absolute Gasteiger partial charge is 0.364 e. The topological polar surface area (TPSA) is 42.2 Å². The van der Waals surface area contributed by atoms with Gasteiger partial charge in [0.2, 0.25) is 0 Å². The normalized spacial score (nSPS) is 18.9. The van der Waals surface area contributed by atoms with Crippen LogP contribution in [0.1, 0.15) is 36.4 Å². The van der Waals surface area contributed by atoms with Gasteiger partial charge in [-0.05, 0) is 49.2 Å². The fourth-order valence-electron chi connectivity index (χ4n) is 3.17. The van der Waals surface area contributed by atoms with Crippen LogP contribution >= 0.6 is 0 Å². The molecule has 1 aromatic heterocycles. The van der Waals surface area contributed by atoms with Crippen LogP contribution in [0.2, 0.25) is 0 Å². The predicted octanol–water partition coefficient (Wildman–Crippen LogP) is 3.10. The van der Waals surface area contributed by atoms with Crippen molar-refractivity contribution in [2.75, 3.05) is 18.0 Å². The minimum absolute atomic E-state index is 0.363. The van der Waals surface area contributed by atoms with Crippen molar-refractivity contribution in [3.05, 3.63) is 59.9 Å². The third-order valence-corrected chi connectivity index (χ3v) is 4.27. The average molecular weight is 267 g/mol. The lowest BCUT2D eigenvalue weighted by molar-refractivity contribution is 0.606. The zero-order valence-corrected chi connectivity index (χ0v) is 11.9. The van der Waals surface area contributed by atoms with Gasteiger partial charge in [0.05, 0.1) is 6.04 Å². The monoisotopic (exact) mass is 267 g/mol. The minimum atomic E-state index is 0.363. The number of nitrogens with two attached hydrogens (primary N) is 1. The van der Waals surface area contributed by atoms with Gasteiger partial charge in [-0.3, -0.25) is 4.98 Å². The summed E-state index contributed by atoms with van der Waals surface area (Å²) in [6, 6.07) is 13.3. The summed E-state index contributed by atoms with van der Waals surface area (Å²) in [5.41, 5.74) is 9.88. The number of aromatic nitrogens is 1. The molecule has 2 aromatic rings. The van der Waals surface area contributed by atoms with Crippen LogP contribution in [-0.2, 0) is 0 Å². The van der Waals surface area contributed by atoms with Gasteiger partial charge < -0.3 is 10.6 Å². The molecular formula is C17H21N3. The Balaban J connectivity index is 1.92. The molecule has 0 amide bonds. The number of anilines is 1. The summed E-state index contributed by atoms with van der Waals surface area (Å²) in [4.78, 5) is 6.60. The van der Waals surface area contributed by atoms with Crippen molar-refractivity contribution in [1.29, 1.82) is 0 Å². The maximum Gasteiger partial charge on any atom is 0.0515 e. The zero-order chi connectivity index (χ0) is 13.9. The highest BCUT2D eigenvalue weighted by Gasteiger charge is 2.30. The molecule has 0 spiro atoms. The number of pyridine rings is 1. The molecule has 20 heavy (non-hydrogen) atoms. The first-order valence-electron chi connectivity index (χ1n) is 7.27. The summed E-state index contributed by atoms with van der Waals surface area (Å²) in [5.74, 6) is 0.556. The molecule has 2 atom stereocenters. The fraction of sp³-hybridized carbons (Fsp3) is 0.353. The number of hydrogen-bond donors (Lipinski definition) is 1. The molecule has 3 heteroatoms. The van der Waals surface area contributed by atoms with Gasteiger partial charge in [-0.25, -0.2) is 0 Å². The second-order valence-corrected chi connectivity index (χ2v) is 5.44. The molecule has 2 N–H and O–H groups in total. The predicted molar refractivity (Wildman–Crippen MR) is 82.9 cm³/mol. The molecule has 0 saturated heterocycles. The molecule has 1 aliphatic rings. The van der Waals surface area contributed by atoms with E-state index in [1.807, 2.05) is 12.4 Å². The SMILES string of the molecule is CC(c1ccncc1)N1CC(CCN)c2ccccc21. The van der Waals surface area contributed by atoms with E-state index in [1.165, 1.54) is 16.8 Å². The summed E-state index contributed by atoms with van der Waals surface area (Å²) in [6.45, 7) is 4.06. The summed E-state index contributed by atoms with van der Waals surface area (Å²) in [6.07, 6.45) is 4.78. The van der Waals surface area contributed by atoms with Crippen molar-refractivity contribution in [2.45, 2.75) is 25.3 Å². The Bertz CT molecular complexity index is 567. The Morgan fingerprint density at radius 3 is 2.75 bits per heavy atom. The van der Waals surface area contributed by atoms with Gasteiger partial charge in [0, 0.05) is 30.5 Å². The lowest BCUT2D eigenvalue weighted by Crippen LogP contribution is -2.26. The molecule has 0 aliphatic carbocycles. The Morgan fingerprint density at radius 2 is 2.00 bits per heavy atom.